The average Bonchev–Trinajstić information content (AvgIpc) is 2.96. The molecule has 0 atom stereocenters. The first-order valence-electron chi connectivity index (χ1n) is 12.5. The number of fused-ring (bicyclic) bond motifs is 1. The van der Waals surface area contributed by atoms with Crippen molar-refractivity contribution >= 4 is 22.5 Å². The Labute approximate surface area is 217 Å². The van der Waals surface area contributed by atoms with Crippen LogP contribution in [-0.2, 0) is 13.1 Å². The molecule has 5 rings (SSSR count). The third-order valence-corrected chi connectivity index (χ3v) is 6.85. The third-order valence-electron chi connectivity index (χ3n) is 6.85. The van der Waals surface area contributed by atoms with Crippen molar-refractivity contribution < 1.29 is 14.3 Å². The number of nitrogens with one attached hydrogen (secondary N) is 1. The van der Waals surface area contributed by atoms with Crippen LogP contribution >= 0.6 is 0 Å². The molecule has 7 heteroatoms. The van der Waals surface area contributed by atoms with E-state index < -0.39 is 0 Å². The van der Waals surface area contributed by atoms with Gasteiger partial charge in [-0.25, -0.2) is 0 Å². The number of para-hydroxylation sites is 1. The fraction of sp³-hybridized carbons (Fsp3) is 0.267. The predicted octanol–water partition coefficient (Wildman–Crippen LogP) is 4.50. The number of methoxy groups -OCH3 is 2. The SMILES string of the molecule is COc1ccc(CN2CCN(c3cccc(CNC(=O)c4ccnc5ccccc45)c3)CC2)cc1OC. The van der Waals surface area contributed by atoms with E-state index in [2.05, 4.69) is 56.5 Å². The van der Waals surface area contributed by atoms with Gasteiger partial charge in [0.25, 0.3) is 5.91 Å². The van der Waals surface area contributed by atoms with Crippen molar-refractivity contribution in [3.63, 3.8) is 0 Å². The minimum Gasteiger partial charge on any atom is -0.493 e. The highest BCUT2D eigenvalue weighted by Gasteiger charge is 2.18. The highest BCUT2D eigenvalue weighted by molar-refractivity contribution is 6.05. The first kappa shape index (κ1) is 24.6. The number of aromatic nitrogens is 1. The van der Waals surface area contributed by atoms with Crippen LogP contribution in [-0.4, -0.2) is 56.2 Å². The molecule has 2 heterocycles. The van der Waals surface area contributed by atoms with Gasteiger partial charge in [0.15, 0.2) is 11.5 Å². The number of hydrogen-bond acceptors (Lipinski definition) is 6. The molecule has 1 fully saturated rings. The first-order valence-corrected chi connectivity index (χ1v) is 12.5. The molecule has 1 N–H and O–H groups in total. The van der Waals surface area contributed by atoms with Crippen molar-refractivity contribution in [2.75, 3.05) is 45.3 Å². The molecular weight excluding hydrogens is 464 g/mol. The van der Waals surface area contributed by atoms with E-state index in [4.69, 9.17) is 9.47 Å². The fourth-order valence-electron chi connectivity index (χ4n) is 4.84. The molecule has 1 aliphatic rings. The standard InChI is InChI=1S/C30H32N4O3/c1-36-28-11-10-23(19-29(28)37-2)21-33-14-16-34(17-15-33)24-7-5-6-22(18-24)20-32-30(35)26-12-13-31-27-9-4-3-8-25(26)27/h3-13,18-19H,14-17,20-21H2,1-2H3,(H,32,35). The van der Waals surface area contributed by atoms with E-state index >= 15 is 0 Å². The third kappa shape index (κ3) is 5.67. The Hall–Kier alpha value is -4.10. The molecule has 0 radical (unpaired) electrons. The lowest BCUT2D eigenvalue weighted by Crippen LogP contribution is -2.46. The molecule has 1 amide bonds. The Morgan fingerprint density at radius 3 is 2.49 bits per heavy atom. The largest absolute Gasteiger partial charge is 0.493 e. The van der Waals surface area contributed by atoms with Crippen LogP contribution in [0.3, 0.4) is 0 Å². The second-order valence-corrected chi connectivity index (χ2v) is 9.18. The number of carbonyl (C=O) groups excluding carboxylic acids is 1. The molecule has 4 aromatic rings. The molecule has 37 heavy (non-hydrogen) atoms. The smallest absolute Gasteiger partial charge is 0.252 e. The second-order valence-electron chi connectivity index (χ2n) is 9.18. The number of ether oxygens (including phenoxy) is 2. The number of anilines is 1. The van der Waals surface area contributed by atoms with Crippen molar-refractivity contribution in [1.29, 1.82) is 0 Å². The van der Waals surface area contributed by atoms with Crippen LogP contribution in [0.2, 0.25) is 0 Å². The maximum Gasteiger partial charge on any atom is 0.252 e. The van der Waals surface area contributed by atoms with Crippen molar-refractivity contribution in [1.82, 2.24) is 15.2 Å². The van der Waals surface area contributed by atoms with Gasteiger partial charge in [0.05, 0.1) is 25.3 Å². The monoisotopic (exact) mass is 496 g/mol. The Bertz CT molecular complexity index is 1380. The highest BCUT2D eigenvalue weighted by Crippen LogP contribution is 2.28. The van der Waals surface area contributed by atoms with Gasteiger partial charge in [0, 0.05) is 56.5 Å². The van der Waals surface area contributed by atoms with Gasteiger partial charge in [0.2, 0.25) is 0 Å². The van der Waals surface area contributed by atoms with Crippen LogP contribution in [0.5, 0.6) is 11.5 Å². The van der Waals surface area contributed by atoms with Crippen molar-refractivity contribution in [3.05, 3.63) is 95.7 Å². The molecule has 1 aliphatic heterocycles. The van der Waals surface area contributed by atoms with Gasteiger partial charge in [-0.3, -0.25) is 14.7 Å². The minimum atomic E-state index is -0.0900. The van der Waals surface area contributed by atoms with Crippen LogP contribution in [0.25, 0.3) is 10.9 Å². The zero-order valence-electron chi connectivity index (χ0n) is 21.3. The van der Waals surface area contributed by atoms with E-state index in [1.165, 1.54) is 11.3 Å². The molecule has 7 nitrogen and oxygen atoms in total. The summed E-state index contributed by atoms with van der Waals surface area (Å²) < 4.78 is 10.8. The topological polar surface area (TPSA) is 66.9 Å². The molecule has 0 saturated carbocycles. The van der Waals surface area contributed by atoms with E-state index in [1.807, 2.05) is 30.3 Å². The Balaban J connectivity index is 1.17. The predicted molar refractivity (Wildman–Crippen MR) is 146 cm³/mol. The molecular formula is C30H32N4O3. The molecule has 0 unspecified atom stereocenters. The number of amides is 1. The summed E-state index contributed by atoms with van der Waals surface area (Å²) in [7, 11) is 3.32. The van der Waals surface area contributed by atoms with E-state index in [-0.39, 0.29) is 5.91 Å². The minimum absolute atomic E-state index is 0.0900. The van der Waals surface area contributed by atoms with E-state index in [9.17, 15) is 4.79 Å². The molecule has 1 aromatic heterocycles. The van der Waals surface area contributed by atoms with Gasteiger partial charge in [-0.05, 0) is 47.5 Å². The first-order chi connectivity index (χ1) is 18.1. The molecule has 190 valence electrons. The summed E-state index contributed by atoms with van der Waals surface area (Å²) in [6, 6.07) is 24.0. The number of carbonyl (C=O) groups is 1. The summed E-state index contributed by atoms with van der Waals surface area (Å²) >= 11 is 0. The zero-order chi connectivity index (χ0) is 25.6. The number of benzene rings is 3. The van der Waals surface area contributed by atoms with Crippen molar-refractivity contribution in [3.8, 4) is 11.5 Å². The summed E-state index contributed by atoms with van der Waals surface area (Å²) in [5.74, 6) is 1.42. The lowest BCUT2D eigenvalue weighted by molar-refractivity contribution is 0.0952. The molecule has 3 aromatic carbocycles. The Morgan fingerprint density at radius 2 is 1.68 bits per heavy atom. The van der Waals surface area contributed by atoms with E-state index in [0.29, 0.717) is 12.1 Å². The van der Waals surface area contributed by atoms with Gasteiger partial charge in [-0.2, -0.15) is 0 Å². The van der Waals surface area contributed by atoms with E-state index in [1.54, 1.807) is 26.5 Å². The van der Waals surface area contributed by atoms with Gasteiger partial charge in [0.1, 0.15) is 0 Å². The molecule has 0 spiro atoms. The van der Waals surface area contributed by atoms with Gasteiger partial charge in [-0.15, -0.1) is 0 Å². The fourth-order valence-corrected chi connectivity index (χ4v) is 4.84. The second kappa shape index (κ2) is 11.3. The number of rotatable bonds is 8. The summed E-state index contributed by atoms with van der Waals surface area (Å²) in [6.07, 6.45) is 1.68. The van der Waals surface area contributed by atoms with Crippen LogP contribution in [0.1, 0.15) is 21.5 Å². The van der Waals surface area contributed by atoms with Crippen LogP contribution < -0.4 is 19.7 Å². The maximum atomic E-state index is 12.9. The molecule has 0 bridgehead atoms. The number of hydrogen-bond donors (Lipinski definition) is 1. The normalized spacial score (nSPS) is 13.9. The number of pyridine rings is 1. The molecule has 1 saturated heterocycles. The van der Waals surface area contributed by atoms with Crippen LogP contribution in [0, 0.1) is 0 Å². The lowest BCUT2D eigenvalue weighted by Gasteiger charge is -2.36. The number of nitrogens with zero attached hydrogens (tertiary/aromatic N) is 3. The van der Waals surface area contributed by atoms with Gasteiger partial charge >= 0.3 is 0 Å². The summed E-state index contributed by atoms with van der Waals surface area (Å²) in [5, 5.41) is 3.94. The van der Waals surface area contributed by atoms with Crippen LogP contribution in [0.4, 0.5) is 5.69 Å². The highest BCUT2D eigenvalue weighted by atomic mass is 16.5. The number of piperazine rings is 1. The van der Waals surface area contributed by atoms with Crippen molar-refractivity contribution in [2.24, 2.45) is 0 Å². The van der Waals surface area contributed by atoms with Gasteiger partial charge < -0.3 is 19.7 Å². The van der Waals surface area contributed by atoms with Crippen molar-refractivity contribution in [2.45, 2.75) is 13.1 Å². The van der Waals surface area contributed by atoms with Gasteiger partial charge in [-0.1, -0.05) is 36.4 Å². The molecule has 0 aliphatic carbocycles. The maximum absolute atomic E-state index is 12.9. The summed E-state index contributed by atoms with van der Waals surface area (Å²) in [4.78, 5) is 22.1. The lowest BCUT2D eigenvalue weighted by atomic mass is 10.1. The summed E-state index contributed by atoms with van der Waals surface area (Å²) in [6.45, 7) is 5.21. The zero-order valence-corrected chi connectivity index (χ0v) is 21.3. The quantitative estimate of drug-likeness (QED) is 0.387. The van der Waals surface area contributed by atoms with Crippen LogP contribution in [0.15, 0.2) is 79.0 Å². The summed E-state index contributed by atoms with van der Waals surface area (Å²) in [5.41, 5.74) is 4.95. The Kier molecular flexibility index (Phi) is 7.51. The van der Waals surface area contributed by atoms with E-state index in [0.717, 1.165) is 60.7 Å². The average molecular weight is 497 g/mol. The Morgan fingerprint density at radius 1 is 0.865 bits per heavy atom.